The molecule has 2 rings (SSSR count). The largest absolute Gasteiger partial charge is 0.341 e. The van der Waals surface area contributed by atoms with Crippen molar-refractivity contribution in [3.8, 4) is 0 Å². The van der Waals surface area contributed by atoms with E-state index in [-0.39, 0.29) is 11.9 Å². The van der Waals surface area contributed by atoms with Gasteiger partial charge in [0.25, 0.3) is 0 Å². The first kappa shape index (κ1) is 17.0. The zero-order valence-electron chi connectivity index (χ0n) is 14.3. The minimum Gasteiger partial charge on any atom is -0.341 e. The highest BCUT2D eigenvalue weighted by atomic mass is 16.2. The van der Waals surface area contributed by atoms with Crippen molar-refractivity contribution >= 4 is 5.91 Å². The summed E-state index contributed by atoms with van der Waals surface area (Å²) in [6.07, 6.45) is 6.18. The summed E-state index contributed by atoms with van der Waals surface area (Å²) in [4.78, 5) is 17.1. The lowest BCUT2D eigenvalue weighted by Crippen LogP contribution is -2.49. The average Bonchev–Trinajstić information content (AvgIpc) is 2.59. The number of carbonyl (C=O) groups excluding carboxylic acids is 1. The lowest BCUT2D eigenvalue weighted by molar-refractivity contribution is -0.138. The predicted molar refractivity (Wildman–Crippen MR) is 91.6 cm³/mol. The molecule has 0 aliphatic heterocycles. The van der Waals surface area contributed by atoms with Crippen LogP contribution in [0.2, 0.25) is 0 Å². The van der Waals surface area contributed by atoms with Gasteiger partial charge in [-0.1, -0.05) is 56.5 Å². The van der Waals surface area contributed by atoms with Crippen molar-refractivity contribution in [2.45, 2.75) is 64.6 Å². The molecule has 3 nitrogen and oxygen atoms in total. The van der Waals surface area contributed by atoms with Gasteiger partial charge in [0.15, 0.2) is 0 Å². The van der Waals surface area contributed by atoms with Crippen molar-refractivity contribution in [3.05, 3.63) is 35.9 Å². The maximum absolute atomic E-state index is 12.8. The first-order valence-corrected chi connectivity index (χ1v) is 8.68. The van der Waals surface area contributed by atoms with Crippen LogP contribution in [0.3, 0.4) is 0 Å². The van der Waals surface area contributed by atoms with Gasteiger partial charge in [-0.05, 0) is 31.9 Å². The molecule has 1 atom stereocenters. The molecule has 1 aromatic carbocycles. The van der Waals surface area contributed by atoms with Gasteiger partial charge in [-0.3, -0.25) is 9.69 Å². The standard InChI is InChI=1S/C19H30N2O/c1-4-21(15-17-11-7-5-8-12-17)16(2)19(22)20(3)18-13-9-6-10-14-18/h5,7-8,11-12,16,18H,4,6,9-10,13-15H2,1-3H3. The summed E-state index contributed by atoms with van der Waals surface area (Å²) >= 11 is 0. The Kier molecular flexibility index (Phi) is 6.44. The van der Waals surface area contributed by atoms with Crippen molar-refractivity contribution in [1.29, 1.82) is 0 Å². The van der Waals surface area contributed by atoms with Crippen LogP contribution in [0.1, 0.15) is 51.5 Å². The molecule has 0 N–H and O–H groups in total. The number of likely N-dealkylation sites (N-methyl/N-ethyl adjacent to an activating group) is 2. The molecule has 1 saturated carbocycles. The van der Waals surface area contributed by atoms with Crippen LogP contribution in [0.4, 0.5) is 0 Å². The summed E-state index contributed by atoms with van der Waals surface area (Å²) in [6, 6.07) is 10.8. The molecule has 1 aliphatic rings. The number of hydrogen-bond acceptors (Lipinski definition) is 2. The maximum Gasteiger partial charge on any atom is 0.239 e. The Morgan fingerprint density at radius 1 is 1.18 bits per heavy atom. The smallest absolute Gasteiger partial charge is 0.239 e. The molecular formula is C19H30N2O. The van der Waals surface area contributed by atoms with E-state index in [1.54, 1.807) is 0 Å². The van der Waals surface area contributed by atoms with E-state index in [0.717, 1.165) is 13.1 Å². The Bertz CT molecular complexity index is 454. The van der Waals surface area contributed by atoms with Gasteiger partial charge in [0, 0.05) is 19.6 Å². The molecule has 0 aromatic heterocycles. The average molecular weight is 302 g/mol. The lowest BCUT2D eigenvalue weighted by atomic mass is 9.94. The topological polar surface area (TPSA) is 23.6 Å². The number of nitrogens with zero attached hydrogens (tertiary/aromatic N) is 2. The molecule has 1 aromatic rings. The Balaban J connectivity index is 1.97. The van der Waals surface area contributed by atoms with Gasteiger partial charge in [-0.15, -0.1) is 0 Å². The van der Waals surface area contributed by atoms with Crippen LogP contribution in [0.15, 0.2) is 30.3 Å². The van der Waals surface area contributed by atoms with Crippen LogP contribution in [-0.2, 0) is 11.3 Å². The van der Waals surface area contributed by atoms with Gasteiger partial charge in [-0.2, -0.15) is 0 Å². The second kappa shape index (κ2) is 8.33. The molecule has 0 radical (unpaired) electrons. The first-order valence-electron chi connectivity index (χ1n) is 8.68. The fraction of sp³-hybridized carbons (Fsp3) is 0.632. The van der Waals surface area contributed by atoms with E-state index in [1.165, 1.54) is 37.7 Å². The van der Waals surface area contributed by atoms with Crippen molar-refractivity contribution in [2.75, 3.05) is 13.6 Å². The third-order valence-electron chi connectivity index (χ3n) is 5.01. The second-order valence-corrected chi connectivity index (χ2v) is 6.47. The molecule has 0 saturated heterocycles. The number of carbonyl (C=O) groups is 1. The number of rotatable bonds is 6. The number of benzene rings is 1. The van der Waals surface area contributed by atoms with Crippen molar-refractivity contribution in [1.82, 2.24) is 9.80 Å². The molecule has 1 amide bonds. The summed E-state index contributed by atoms with van der Waals surface area (Å²) in [5, 5.41) is 0. The van der Waals surface area contributed by atoms with E-state index in [9.17, 15) is 4.79 Å². The van der Waals surface area contributed by atoms with Gasteiger partial charge < -0.3 is 4.90 Å². The van der Waals surface area contributed by atoms with Crippen LogP contribution >= 0.6 is 0 Å². The molecule has 22 heavy (non-hydrogen) atoms. The first-order chi connectivity index (χ1) is 10.6. The fourth-order valence-corrected chi connectivity index (χ4v) is 3.44. The highest BCUT2D eigenvalue weighted by molar-refractivity contribution is 5.81. The van der Waals surface area contributed by atoms with Crippen molar-refractivity contribution < 1.29 is 4.79 Å². The van der Waals surface area contributed by atoms with E-state index >= 15 is 0 Å². The maximum atomic E-state index is 12.8. The van der Waals surface area contributed by atoms with Crippen LogP contribution in [-0.4, -0.2) is 41.4 Å². The summed E-state index contributed by atoms with van der Waals surface area (Å²) in [5.41, 5.74) is 1.27. The van der Waals surface area contributed by atoms with Crippen molar-refractivity contribution in [2.24, 2.45) is 0 Å². The molecule has 1 aliphatic carbocycles. The van der Waals surface area contributed by atoms with Crippen molar-refractivity contribution in [3.63, 3.8) is 0 Å². The van der Waals surface area contributed by atoms with Gasteiger partial charge in [0.1, 0.15) is 0 Å². The molecule has 1 unspecified atom stereocenters. The SMILES string of the molecule is CCN(Cc1ccccc1)C(C)C(=O)N(C)C1CCCCC1. The minimum atomic E-state index is -0.0582. The normalized spacial score (nSPS) is 17.5. The minimum absolute atomic E-state index is 0.0582. The van der Waals surface area contributed by atoms with E-state index in [4.69, 9.17) is 0 Å². The van der Waals surface area contributed by atoms with Crippen LogP contribution in [0.25, 0.3) is 0 Å². The Morgan fingerprint density at radius 2 is 1.82 bits per heavy atom. The highest BCUT2D eigenvalue weighted by Gasteiger charge is 2.28. The molecule has 0 spiro atoms. The van der Waals surface area contributed by atoms with Crippen LogP contribution < -0.4 is 0 Å². The predicted octanol–water partition coefficient (Wildman–Crippen LogP) is 3.69. The monoisotopic (exact) mass is 302 g/mol. The number of hydrogen-bond donors (Lipinski definition) is 0. The van der Waals surface area contributed by atoms with Crippen LogP contribution in [0.5, 0.6) is 0 Å². The molecular weight excluding hydrogens is 272 g/mol. The Morgan fingerprint density at radius 3 is 2.41 bits per heavy atom. The van der Waals surface area contributed by atoms with E-state index in [0.29, 0.717) is 6.04 Å². The summed E-state index contributed by atoms with van der Waals surface area (Å²) in [7, 11) is 1.99. The summed E-state index contributed by atoms with van der Waals surface area (Å²) in [6.45, 7) is 5.91. The third-order valence-corrected chi connectivity index (χ3v) is 5.01. The quantitative estimate of drug-likeness (QED) is 0.800. The molecule has 122 valence electrons. The zero-order valence-corrected chi connectivity index (χ0v) is 14.3. The molecule has 0 heterocycles. The Labute approximate surface area is 135 Å². The fourth-order valence-electron chi connectivity index (χ4n) is 3.44. The van der Waals surface area contributed by atoms with Gasteiger partial charge in [0.05, 0.1) is 6.04 Å². The second-order valence-electron chi connectivity index (χ2n) is 6.47. The summed E-state index contributed by atoms with van der Waals surface area (Å²) < 4.78 is 0. The van der Waals surface area contributed by atoms with Crippen LogP contribution in [0, 0.1) is 0 Å². The van der Waals surface area contributed by atoms with Gasteiger partial charge in [0.2, 0.25) is 5.91 Å². The number of amides is 1. The van der Waals surface area contributed by atoms with E-state index in [2.05, 4.69) is 36.1 Å². The van der Waals surface area contributed by atoms with E-state index in [1.807, 2.05) is 24.9 Å². The zero-order chi connectivity index (χ0) is 15.9. The summed E-state index contributed by atoms with van der Waals surface area (Å²) in [5.74, 6) is 0.268. The van der Waals surface area contributed by atoms with E-state index < -0.39 is 0 Å². The Hall–Kier alpha value is -1.35. The van der Waals surface area contributed by atoms with Gasteiger partial charge >= 0.3 is 0 Å². The highest BCUT2D eigenvalue weighted by Crippen LogP contribution is 2.22. The lowest BCUT2D eigenvalue weighted by Gasteiger charge is -2.36. The third kappa shape index (κ3) is 4.33. The molecule has 3 heteroatoms. The van der Waals surface area contributed by atoms with Gasteiger partial charge in [-0.25, -0.2) is 0 Å². The molecule has 0 bridgehead atoms. The molecule has 1 fully saturated rings.